The van der Waals surface area contributed by atoms with Gasteiger partial charge in [0.15, 0.2) is 5.96 Å². The molecule has 0 aliphatic carbocycles. The Morgan fingerprint density at radius 2 is 1.89 bits per heavy atom. The fourth-order valence-electron chi connectivity index (χ4n) is 2.30. The Labute approximate surface area is 180 Å². The van der Waals surface area contributed by atoms with Crippen LogP contribution in [0.15, 0.2) is 35.3 Å². The summed E-state index contributed by atoms with van der Waals surface area (Å²) < 4.78 is 5.15. The van der Waals surface area contributed by atoms with Gasteiger partial charge < -0.3 is 25.2 Å². The third-order valence-electron chi connectivity index (χ3n) is 3.83. The van der Waals surface area contributed by atoms with E-state index < -0.39 is 0 Å². The normalized spacial score (nSPS) is 12.0. The predicted molar refractivity (Wildman–Crippen MR) is 123 cm³/mol. The zero-order chi connectivity index (χ0) is 19.4. The second kappa shape index (κ2) is 14.5. The first kappa shape index (κ1) is 25.4. The summed E-state index contributed by atoms with van der Waals surface area (Å²) in [7, 11) is 7.20. The summed E-state index contributed by atoms with van der Waals surface area (Å²) in [6.45, 7) is 4.39. The van der Waals surface area contributed by atoms with Crippen LogP contribution in [0.5, 0.6) is 0 Å². The third kappa shape index (κ3) is 11.0. The lowest BCUT2D eigenvalue weighted by Gasteiger charge is -2.21. The quantitative estimate of drug-likeness (QED) is 0.226. The number of likely N-dealkylation sites (N-methyl/N-ethyl adjacent to an activating group) is 1. The molecule has 1 atom stereocenters. The molecule has 8 heteroatoms. The summed E-state index contributed by atoms with van der Waals surface area (Å²) in [6.07, 6.45) is 0.951. The molecule has 0 radical (unpaired) electrons. The standard InChI is InChI=1S/C19H33N5O2.HI/c1-16(15-26-5)22-19(21-14-18(25)23(2)3)20-12-9-13-24(4)17-10-7-6-8-11-17;/h6-8,10-11,16H,9,12-15H2,1-5H3,(H2,20,21,22);1H. The van der Waals surface area contributed by atoms with Gasteiger partial charge in [0.25, 0.3) is 0 Å². The number of carbonyl (C=O) groups is 1. The molecule has 1 rings (SSSR count). The van der Waals surface area contributed by atoms with E-state index in [1.807, 2.05) is 25.1 Å². The lowest BCUT2D eigenvalue weighted by Crippen LogP contribution is -2.45. The average Bonchev–Trinajstić information content (AvgIpc) is 2.63. The van der Waals surface area contributed by atoms with E-state index in [0.29, 0.717) is 12.6 Å². The number of ether oxygens (including phenoxy) is 1. The summed E-state index contributed by atoms with van der Waals surface area (Å²) in [4.78, 5) is 19.9. The van der Waals surface area contributed by atoms with Crippen molar-refractivity contribution in [2.75, 3.05) is 59.4 Å². The highest BCUT2D eigenvalue weighted by molar-refractivity contribution is 14.0. The van der Waals surface area contributed by atoms with Gasteiger partial charge in [0.1, 0.15) is 6.54 Å². The number of hydrogen-bond donors (Lipinski definition) is 2. The molecule has 0 saturated heterocycles. The van der Waals surface area contributed by atoms with Crippen LogP contribution in [-0.4, -0.2) is 77.3 Å². The van der Waals surface area contributed by atoms with Crippen molar-refractivity contribution in [3.63, 3.8) is 0 Å². The van der Waals surface area contributed by atoms with Gasteiger partial charge in [-0.15, -0.1) is 24.0 Å². The van der Waals surface area contributed by atoms with Crippen molar-refractivity contribution in [2.24, 2.45) is 4.99 Å². The Morgan fingerprint density at radius 3 is 2.48 bits per heavy atom. The SMILES string of the molecule is COCC(C)NC(=NCC(=O)N(C)C)NCCCN(C)c1ccccc1.I. The van der Waals surface area contributed by atoms with Crippen LogP contribution in [0.4, 0.5) is 5.69 Å². The molecule has 1 unspecified atom stereocenters. The molecule has 1 aromatic rings. The lowest BCUT2D eigenvalue weighted by molar-refractivity contribution is -0.127. The van der Waals surface area contributed by atoms with Crippen molar-refractivity contribution in [1.82, 2.24) is 15.5 Å². The molecule has 7 nitrogen and oxygen atoms in total. The van der Waals surface area contributed by atoms with Gasteiger partial charge in [-0.25, -0.2) is 4.99 Å². The minimum absolute atomic E-state index is 0. The second-order valence-corrected chi connectivity index (χ2v) is 6.49. The molecule has 0 aromatic heterocycles. The number of aliphatic imine (C=N–C) groups is 1. The zero-order valence-electron chi connectivity index (χ0n) is 17.1. The van der Waals surface area contributed by atoms with Gasteiger partial charge in [0, 0.05) is 53.1 Å². The molecule has 0 saturated carbocycles. The summed E-state index contributed by atoms with van der Waals surface area (Å²) >= 11 is 0. The van der Waals surface area contributed by atoms with Gasteiger partial charge >= 0.3 is 0 Å². The van der Waals surface area contributed by atoms with Crippen LogP contribution in [0.1, 0.15) is 13.3 Å². The highest BCUT2D eigenvalue weighted by atomic mass is 127. The molecule has 0 bridgehead atoms. The molecule has 2 N–H and O–H groups in total. The first-order chi connectivity index (χ1) is 12.4. The molecule has 1 aromatic carbocycles. The predicted octanol–water partition coefficient (Wildman–Crippen LogP) is 1.79. The smallest absolute Gasteiger partial charge is 0.243 e. The average molecular weight is 491 g/mol. The van der Waals surface area contributed by atoms with Crippen LogP contribution >= 0.6 is 24.0 Å². The fraction of sp³-hybridized carbons (Fsp3) is 0.579. The molecule has 0 heterocycles. The van der Waals surface area contributed by atoms with Crippen LogP contribution in [0.25, 0.3) is 0 Å². The van der Waals surface area contributed by atoms with Crippen LogP contribution in [0.2, 0.25) is 0 Å². The summed E-state index contributed by atoms with van der Waals surface area (Å²) in [5.41, 5.74) is 1.20. The molecule has 0 spiro atoms. The number of nitrogens with zero attached hydrogens (tertiary/aromatic N) is 3. The summed E-state index contributed by atoms with van der Waals surface area (Å²) in [6, 6.07) is 10.4. The van der Waals surface area contributed by atoms with Gasteiger partial charge in [-0.1, -0.05) is 18.2 Å². The van der Waals surface area contributed by atoms with Crippen molar-refractivity contribution < 1.29 is 9.53 Å². The number of carbonyl (C=O) groups excluding carboxylic acids is 1. The number of guanidine groups is 1. The molecular formula is C19H34IN5O2. The minimum atomic E-state index is -0.0331. The van der Waals surface area contributed by atoms with Crippen LogP contribution in [-0.2, 0) is 9.53 Å². The monoisotopic (exact) mass is 491 g/mol. The molecule has 1 amide bonds. The Kier molecular flexibility index (Phi) is 13.7. The van der Waals surface area contributed by atoms with Crippen molar-refractivity contribution in [1.29, 1.82) is 0 Å². The number of nitrogens with one attached hydrogen (secondary N) is 2. The van der Waals surface area contributed by atoms with Gasteiger partial charge in [-0.05, 0) is 25.5 Å². The van der Waals surface area contributed by atoms with Gasteiger partial charge in [-0.2, -0.15) is 0 Å². The molecule has 0 fully saturated rings. The van der Waals surface area contributed by atoms with E-state index in [1.54, 1.807) is 21.2 Å². The van der Waals surface area contributed by atoms with Crippen molar-refractivity contribution in [3.8, 4) is 0 Å². The van der Waals surface area contributed by atoms with Crippen LogP contribution in [0, 0.1) is 0 Å². The number of amides is 1. The number of benzene rings is 1. The maximum atomic E-state index is 11.8. The van der Waals surface area contributed by atoms with Crippen LogP contribution in [0.3, 0.4) is 0 Å². The first-order valence-corrected chi connectivity index (χ1v) is 8.94. The number of methoxy groups -OCH3 is 1. The Balaban J connectivity index is 0.00000676. The molecule has 0 aliphatic heterocycles. The second-order valence-electron chi connectivity index (χ2n) is 6.49. The number of hydrogen-bond acceptors (Lipinski definition) is 4. The third-order valence-corrected chi connectivity index (χ3v) is 3.83. The minimum Gasteiger partial charge on any atom is -0.383 e. The number of anilines is 1. The largest absolute Gasteiger partial charge is 0.383 e. The molecule has 0 aliphatic rings. The molecule has 27 heavy (non-hydrogen) atoms. The van der Waals surface area contributed by atoms with Crippen molar-refractivity contribution >= 4 is 41.5 Å². The number of para-hydroxylation sites is 1. The molecular weight excluding hydrogens is 457 g/mol. The number of rotatable bonds is 10. The first-order valence-electron chi connectivity index (χ1n) is 8.94. The van der Waals surface area contributed by atoms with Crippen LogP contribution < -0.4 is 15.5 Å². The fourth-order valence-corrected chi connectivity index (χ4v) is 2.30. The van der Waals surface area contributed by atoms with E-state index in [0.717, 1.165) is 19.5 Å². The van der Waals surface area contributed by atoms with E-state index >= 15 is 0 Å². The topological polar surface area (TPSA) is 69.2 Å². The Bertz CT molecular complexity index is 554. The van der Waals surface area contributed by atoms with Gasteiger partial charge in [-0.3, -0.25) is 4.79 Å². The number of halogens is 1. The van der Waals surface area contributed by atoms with Crippen molar-refractivity contribution in [3.05, 3.63) is 30.3 Å². The van der Waals surface area contributed by atoms with Gasteiger partial charge in [0.2, 0.25) is 5.91 Å². The highest BCUT2D eigenvalue weighted by Gasteiger charge is 2.08. The highest BCUT2D eigenvalue weighted by Crippen LogP contribution is 2.10. The van der Waals surface area contributed by atoms with E-state index in [4.69, 9.17) is 4.74 Å². The maximum Gasteiger partial charge on any atom is 0.243 e. The summed E-state index contributed by atoms with van der Waals surface area (Å²) in [5, 5.41) is 6.56. The van der Waals surface area contributed by atoms with Crippen molar-refractivity contribution in [2.45, 2.75) is 19.4 Å². The lowest BCUT2D eigenvalue weighted by atomic mass is 10.3. The Morgan fingerprint density at radius 1 is 1.22 bits per heavy atom. The maximum absolute atomic E-state index is 11.8. The van der Waals surface area contributed by atoms with Gasteiger partial charge in [0.05, 0.1) is 6.61 Å². The van der Waals surface area contributed by atoms with E-state index in [-0.39, 0.29) is 42.5 Å². The zero-order valence-corrected chi connectivity index (χ0v) is 19.4. The Hall–Kier alpha value is -1.55. The summed E-state index contributed by atoms with van der Waals surface area (Å²) in [5.74, 6) is 0.599. The molecule has 154 valence electrons. The van der Waals surface area contributed by atoms with E-state index in [2.05, 4.69) is 39.7 Å². The van der Waals surface area contributed by atoms with E-state index in [1.165, 1.54) is 10.6 Å². The van der Waals surface area contributed by atoms with E-state index in [9.17, 15) is 4.79 Å².